The second kappa shape index (κ2) is 6.29. The molecule has 0 aliphatic carbocycles. The quantitative estimate of drug-likeness (QED) is 0.448. The summed E-state index contributed by atoms with van der Waals surface area (Å²) in [4.78, 5) is 13.4. The molecule has 0 aliphatic rings. The minimum Gasteiger partial charge on any atom is -0.423 e. The lowest BCUT2D eigenvalue weighted by Crippen LogP contribution is -2.18. The van der Waals surface area contributed by atoms with Crippen LogP contribution in [0.2, 0.25) is 0 Å². The molecule has 3 aromatic rings. The van der Waals surface area contributed by atoms with E-state index in [1.807, 2.05) is 6.92 Å². The molecule has 0 radical (unpaired) electrons. The number of aryl methyl sites for hydroxylation is 1. The molecule has 0 unspecified atom stereocenters. The fourth-order valence-electron chi connectivity index (χ4n) is 2.11. The van der Waals surface area contributed by atoms with Gasteiger partial charge in [-0.2, -0.15) is 13.5 Å². The summed E-state index contributed by atoms with van der Waals surface area (Å²) in [6.07, 6.45) is 1.39. The van der Waals surface area contributed by atoms with E-state index in [1.54, 1.807) is 36.4 Å². The molecule has 6 nitrogen and oxygen atoms in total. The van der Waals surface area contributed by atoms with E-state index in [0.29, 0.717) is 11.1 Å². The van der Waals surface area contributed by atoms with Crippen molar-refractivity contribution >= 4 is 27.2 Å². The standard InChI is InChI=1S/C17H14N2O4S/c1-12-2-6-15(7-3-12)24(21,22)19-18-11-13-4-8-16-14(10-13)5-9-17(20)23-16/h2-11,19H,1H3/b18-11+. The van der Waals surface area contributed by atoms with E-state index in [-0.39, 0.29) is 4.90 Å². The van der Waals surface area contributed by atoms with Gasteiger partial charge in [0.15, 0.2) is 0 Å². The minimum absolute atomic E-state index is 0.144. The highest BCUT2D eigenvalue weighted by Crippen LogP contribution is 2.13. The third-order valence-electron chi connectivity index (χ3n) is 3.36. The molecule has 0 aliphatic heterocycles. The highest BCUT2D eigenvalue weighted by atomic mass is 32.2. The Morgan fingerprint density at radius 1 is 1.04 bits per heavy atom. The molecule has 0 atom stereocenters. The van der Waals surface area contributed by atoms with E-state index in [0.717, 1.165) is 10.9 Å². The van der Waals surface area contributed by atoms with Crippen molar-refractivity contribution in [2.75, 3.05) is 0 Å². The van der Waals surface area contributed by atoms with Gasteiger partial charge in [-0.15, -0.1) is 0 Å². The lowest BCUT2D eigenvalue weighted by molar-refractivity contribution is 0.561. The van der Waals surface area contributed by atoms with Crippen LogP contribution in [-0.4, -0.2) is 14.6 Å². The van der Waals surface area contributed by atoms with Crippen molar-refractivity contribution in [1.82, 2.24) is 4.83 Å². The average Bonchev–Trinajstić information content (AvgIpc) is 2.55. The molecule has 7 heteroatoms. The zero-order valence-corrected chi connectivity index (χ0v) is 13.6. The number of nitrogens with zero attached hydrogens (tertiary/aromatic N) is 1. The number of hydrogen-bond acceptors (Lipinski definition) is 5. The van der Waals surface area contributed by atoms with Crippen LogP contribution in [0.25, 0.3) is 11.0 Å². The summed E-state index contributed by atoms with van der Waals surface area (Å²) in [6.45, 7) is 1.88. The van der Waals surface area contributed by atoms with Gasteiger partial charge in [0.25, 0.3) is 10.0 Å². The van der Waals surface area contributed by atoms with E-state index in [2.05, 4.69) is 9.93 Å². The molecule has 0 saturated carbocycles. The van der Waals surface area contributed by atoms with Crippen LogP contribution in [0.1, 0.15) is 11.1 Å². The molecule has 122 valence electrons. The molecule has 24 heavy (non-hydrogen) atoms. The van der Waals surface area contributed by atoms with E-state index in [9.17, 15) is 13.2 Å². The molecule has 0 bridgehead atoms. The van der Waals surface area contributed by atoms with Gasteiger partial charge >= 0.3 is 5.63 Å². The first-order valence-electron chi connectivity index (χ1n) is 7.09. The van der Waals surface area contributed by atoms with Gasteiger partial charge < -0.3 is 4.42 Å². The third kappa shape index (κ3) is 3.52. The Kier molecular flexibility index (Phi) is 4.18. The van der Waals surface area contributed by atoms with Gasteiger partial charge in [-0.05, 0) is 48.9 Å². The van der Waals surface area contributed by atoms with Gasteiger partial charge in [0.2, 0.25) is 0 Å². The Morgan fingerprint density at radius 3 is 2.54 bits per heavy atom. The van der Waals surface area contributed by atoms with Crippen molar-refractivity contribution in [3.8, 4) is 0 Å². The number of sulfonamides is 1. The predicted molar refractivity (Wildman–Crippen MR) is 91.6 cm³/mol. The molecule has 1 N–H and O–H groups in total. The van der Waals surface area contributed by atoms with Crippen molar-refractivity contribution in [1.29, 1.82) is 0 Å². The number of hydrogen-bond donors (Lipinski definition) is 1. The average molecular weight is 342 g/mol. The molecule has 0 saturated heterocycles. The van der Waals surface area contributed by atoms with Crippen molar-refractivity contribution in [3.05, 3.63) is 76.1 Å². The van der Waals surface area contributed by atoms with Crippen molar-refractivity contribution < 1.29 is 12.8 Å². The molecule has 0 amide bonds. The van der Waals surface area contributed by atoms with E-state index in [1.165, 1.54) is 24.4 Å². The summed E-state index contributed by atoms with van der Waals surface area (Å²) in [7, 11) is -3.70. The lowest BCUT2D eigenvalue weighted by atomic mass is 10.1. The fraction of sp³-hybridized carbons (Fsp3) is 0.0588. The second-order valence-corrected chi connectivity index (χ2v) is 6.88. The van der Waals surface area contributed by atoms with Crippen LogP contribution in [0.15, 0.2) is 73.8 Å². The Bertz CT molecular complexity index is 1070. The summed E-state index contributed by atoms with van der Waals surface area (Å²) in [5, 5.41) is 4.50. The van der Waals surface area contributed by atoms with Crippen LogP contribution < -0.4 is 10.5 Å². The Morgan fingerprint density at radius 2 is 1.79 bits per heavy atom. The number of benzene rings is 2. The molecule has 1 heterocycles. The van der Waals surface area contributed by atoms with Crippen LogP contribution in [0.3, 0.4) is 0 Å². The summed E-state index contributed by atoms with van der Waals surface area (Å²) in [5.41, 5.74) is 1.68. The van der Waals surface area contributed by atoms with Gasteiger partial charge in [-0.1, -0.05) is 17.7 Å². The maximum Gasteiger partial charge on any atom is 0.336 e. The Balaban J connectivity index is 1.79. The van der Waals surface area contributed by atoms with E-state index in [4.69, 9.17) is 4.42 Å². The molecule has 0 spiro atoms. The number of rotatable bonds is 4. The maximum absolute atomic E-state index is 12.1. The molecular formula is C17H14N2O4S. The number of hydrazone groups is 1. The first-order valence-corrected chi connectivity index (χ1v) is 8.58. The molecule has 2 aromatic carbocycles. The highest BCUT2D eigenvalue weighted by molar-refractivity contribution is 7.89. The van der Waals surface area contributed by atoms with Crippen LogP contribution in [-0.2, 0) is 10.0 Å². The maximum atomic E-state index is 12.1. The fourth-order valence-corrected chi connectivity index (χ4v) is 2.90. The van der Waals surface area contributed by atoms with Gasteiger partial charge in [0, 0.05) is 11.5 Å². The summed E-state index contributed by atoms with van der Waals surface area (Å²) >= 11 is 0. The summed E-state index contributed by atoms with van der Waals surface area (Å²) in [5.74, 6) is 0. The van der Waals surface area contributed by atoms with Crippen LogP contribution in [0.4, 0.5) is 0 Å². The summed E-state index contributed by atoms with van der Waals surface area (Å²) in [6, 6.07) is 14.5. The third-order valence-corrected chi connectivity index (χ3v) is 4.60. The van der Waals surface area contributed by atoms with E-state index >= 15 is 0 Å². The van der Waals surface area contributed by atoms with Crippen LogP contribution >= 0.6 is 0 Å². The first kappa shape index (κ1) is 15.9. The van der Waals surface area contributed by atoms with E-state index < -0.39 is 15.6 Å². The largest absolute Gasteiger partial charge is 0.423 e. The minimum atomic E-state index is -3.70. The monoisotopic (exact) mass is 342 g/mol. The lowest BCUT2D eigenvalue weighted by Gasteiger charge is -2.03. The number of nitrogens with one attached hydrogen (secondary N) is 1. The topological polar surface area (TPSA) is 88.7 Å². The number of fused-ring (bicyclic) bond motifs is 1. The zero-order valence-electron chi connectivity index (χ0n) is 12.8. The first-order chi connectivity index (χ1) is 11.4. The van der Waals surface area contributed by atoms with Crippen molar-refractivity contribution in [2.24, 2.45) is 5.10 Å². The molecule has 1 aromatic heterocycles. The molecular weight excluding hydrogens is 328 g/mol. The normalized spacial score (nSPS) is 11.9. The van der Waals surface area contributed by atoms with Gasteiger partial charge in [0.05, 0.1) is 11.1 Å². The Hall–Kier alpha value is -2.93. The molecule has 3 rings (SSSR count). The van der Waals surface area contributed by atoms with Gasteiger partial charge in [-0.25, -0.2) is 9.63 Å². The van der Waals surface area contributed by atoms with Crippen molar-refractivity contribution in [3.63, 3.8) is 0 Å². The van der Waals surface area contributed by atoms with Crippen molar-refractivity contribution in [2.45, 2.75) is 11.8 Å². The van der Waals surface area contributed by atoms with Crippen LogP contribution in [0.5, 0.6) is 0 Å². The molecule has 0 fully saturated rings. The Labute approximate surface area is 138 Å². The highest BCUT2D eigenvalue weighted by Gasteiger charge is 2.11. The van der Waals surface area contributed by atoms with Gasteiger partial charge in [0.1, 0.15) is 5.58 Å². The zero-order chi connectivity index (χ0) is 17.2. The predicted octanol–water partition coefficient (Wildman–Crippen LogP) is 2.41. The van der Waals surface area contributed by atoms with Crippen LogP contribution in [0, 0.1) is 6.92 Å². The summed E-state index contributed by atoms with van der Waals surface area (Å²) < 4.78 is 29.2. The SMILES string of the molecule is Cc1ccc(S(=O)(=O)N/N=C/c2ccc3oc(=O)ccc3c2)cc1. The smallest absolute Gasteiger partial charge is 0.336 e. The second-order valence-electron chi connectivity index (χ2n) is 5.22. The van der Waals surface area contributed by atoms with Gasteiger partial charge in [-0.3, -0.25) is 0 Å².